The van der Waals surface area contributed by atoms with Gasteiger partial charge in [-0.3, -0.25) is 0 Å². The third kappa shape index (κ3) is 9.17. The Hall–Kier alpha value is -6.86. The maximum atomic E-state index is 9.64. The summed E-state index contributed by atoms with van der Waals surface area (Å²) in [5, 5.41) is 19.3. The highest BCUT2D eigenvalue weighted by atomic mass is 16.5. The maximum absolute atomic E-state index is 9.64. The van der Waals surface area contributed by atoms with Crippen LogP contribution < -0.4 is 19.1 Å². The highest BCUT2D eigenvalue weighted by Crippen LogP contribution is 2.37. The number of benzene rings is 7. The molecule has 0 aromatic heterocycles. The van der Waals surface area contributed by atoms with Crippen LogP contribution >= 0.6 is 0 Å². The van der Waals surface area contributed by atoms with Gasteiger partial charge in [-0.25, -0.2) is 0 Å². The molecule has 7 aromatic rings. The molecule has 7 aromatic carbocycles. The van der Waals surface area contributed by atoms with E-state index in [0.717, 1.165) is 90.0 Å². The number of aliphatic hydroxyl groups excluding tert-OH is 2. The van der Waals surface area contributed by atoms with Crippen LogP contribution in [0.3, 0.4) is 0 Å². The van der Waals surface area contributed by atoms with E-state index in [9.17, 15) is 10.2 Å². The van der Waals surface area contributed by atoms with Gasteiger partial charge in [-0.15, -0.1) is 0 Å². The zero-order valence-electron chi connectivity index (χ0n) is 32.3. The van der Waals surface area contributed by atoms with E-state index < -0.39 is 0 Å². The van der Waals surface area contributed by atoms with Gasteiger partial charge >= 0.3 is 0 Å². The van der Waals surface area contributed by atoms with Crippen LogP contribution in [0.4, 0.5) is 17.1 Å². The molecule has 0 heterocycles. The second-order valence-electron chi connectivity index (χ2n) is 13.5. The van der Waals surface area contributed by atoms with Crippen LogP contribution in [0.1, 0.15) is 44.5 Å². The van der Waals surface area contributed by atoms with Crippen molar-refractivity contribution in [3.05, 3.63) is 214 Å². The van der Waals surface area contributed by atoms with Gasteiger partial charge in [0.15, 0.2) is 0 Å². The number of ether oxygens (including phenoxy) is 3. The Labute approximate surface area is 334 Å². The first-order valence-electron chi connectivity index (χ1n) is 18.8. The fraction of sp³-hybridized carbons (Fsp3) is 0.0980. The number of aliphatic hydroxyl groups is 2. The molecule has 0 unspecified atom stereocenters. The number of rotatable bonds is 14. The van der Waals surface area contributed by atoms with Crippen LogP contribution in [0.2, 0.25) is 0 Å². The largest absolute Gasteiger partial charge is 0.497 e. The van der Waals surface area contributed by atoms with Crippen LogP contribution in [-0.4, -0.2) is 31.5 Å². The van der Waals surface area contributed by atoms with Crippen molar-refractivity contribution in [1.82, 2.24) is 0 Å². The van der Waals surface area contributed by atoms with Gasteiger partial charge < -0.3 is 29.3 Å². The number of methoxy groups -OCH3 is 3. The molecule has 0 aliphatic rings. The Morgan fingerprint density at radius 1 is 0.386 bits per heavy atom. The van der Waals surface area contributed by atoms with Crippen LogP contribution in [0.25, 0.3) is 23.3 Å². The van der Waals surface area contributed by atoms with Crippen molar-refractivity contribution >= 4 is 40.4 Å². The zero-order chi connectivity index (χ0) is 39.6. The molecular weight excluding hydrogens is 707 g/mol. The zero-order valence-corrected chi connectivity index (χ0v) is 32.3. The van der Waals surface area contributed by atoms with Crippen LogP contribution in [0.15, 0.2) is 170 Å². The maximum Gasteiger partial charge on any atom is 0.119 e. The Morgan fingerprint density at radius 3 is 0.930 bits per heavy atom. The van der Waals surface area contributed by atoms with E-state index >= 15 is 0 Å². The first-order valence-corrected chi connectivity index (χ1v) is 18.8. The lowest BCUT2D eigenvalue weighted by Gasteiger charge is -2.26. The van der Waals surface area contributed by atoms with Gasteiger partial charge in [0.05, 0.1) is 34.5 Å². The molecule has 0 spiro atoms. The van der Waals surface area contributed by atoms with Crippen LogP contribution in [0, 0.1) is 0 Å². The van der Waals surface area contributed by atoms with Gasteiger partial charge in [0.2, 0.25) is 0 Å². The average molecular weight is 752 g/mol. The molecule has 0 bridgehead atoms. The van der Waals surface area contributed by atoms with Crippen molar-refractivity contribution in [3.8, 4) is 17.2 Å². The van der Waals surface area contributed by atoms with Gasteiger partial charge in [0, 0.05) is 17.1 Å². The minimum absolute atomic E-state index is 0.00939. The van der Waals surface area contributed by atoms with E-state index in [2.05, 4.69) is 102 Å². The highest BCUT2D eigenvalue weighted by Gasteiger charge is 2.14. The fourth-order valence-corrected chi connectivity index (χ4v) is 6.74. The SMILES string of the molecule is COc1ccc(C(=Cc2ccc(N(c3ccc(C=C(c4ccc(CO)cc4)c4ccc(CO)cc4)cc3)c3ccc(OC)cc3)cc2)c2ccc(OC)cc2)cc1. The average Bonchev–Trinajstić information content (AvgIpc) is 3.29. The predicted molar refractivity (Wildman–Crippen MR) is 232 cm³/mol. The molecule has 284 valence electrons. The first-order chi connectivity index (χ1) is 28.0. The summed E-state index contributed by atoms with van der Waals surface area (Å²) in [5.74, 6) is 2.40. The lowest BCUT2D eigenvalue weighted by atomic mass is 9.94. The minimum Gasteiger partial charge on any atom is -0.497 e. The lowest BCUT2D eigenvalue weighted by molar-refractivity contribution is 0.281. The normalized spacial score (nSPS) is 10.7. The van der Waals surface area contributed by atoms with Gasteiger partial charge in [0.1, 0.15) is 17.2 Å². The molecule has 0 radical (unpaired) electrons. The van der Waals surface area contributed by atoms with Crippen molar-refractivity contribution < 1.29 is 24.4 Å². The van der Waals surface area contributed by atoms with Crippen molar-refractivity contribution in [2.45, 2.75) is 13.2 Å². The third-order valence-electron chi connectivity index (χ3n) is 9.95. The van der Waals surface area contributed by atoms with Crippen molar-refractivity contribution in [2.75, 3.05) is 26.2 Å². The summed E-state index contributed by atoms with van der Waals surface area (Å²) in [6, 6.07) is 57.4. The number of hydrogen-bond acceptors (Lipinski definition) is 6. The molecule has 6 heteroatoms. The summed E-state index contributed by atoms with van der Waals surface area (Å²) in [7, 11) is 5.03. The van der Waals surface area contributed by atoms with E-state index in [-0.39, 0.29) is 13.2 Å². The van der Waals surface area contributed by atoms with E-state index in [1.165, 1.54) is 0 Å². The summed E-state index contributed by atoms with van der Waals surface area (Å²) in [5.41, 5.74) is 13.1. The highest BCUT2D eigenvalue weighted by molar-refractivity contribution is 5.93. The summed E-state index contributed by atoms with van der Waals surface area (Å²) < 4.78 is 16.4. The van der Waals surface area contributed by atoms with E-state index in [1.54, 1.807) is 21.3 Å². The molecule has 7 rings (SSSR count). The smallest absolute Gasteiger partial charge is 0.119 e. The summed E-state index contributed by atoms with van der Waals surface area (Å²) in [6.45, 7) is -0.0188. The summed E-state index contributed by atoms with van der Waals surface area (Å²) in [6.07, 6.45) is 4.38. The molecule has 0 amide bonds. The summed E-state index contributed by atoms with van der Waals surface area (Å²) >= 11 is 0. The monoisotopic (exact) mass is 751 g/mol. The fourth-order valence-electron chi connectivity index (χ4n) is 6.74. The van der Waals surface area contributed by atoms with E-state index in [0.29, 0.717) is 0 Å². The topological polar surface area (TPSA) is 71.4 Å². The van der Waals surface area contributed by atoms with Crippen molar-refractivity contribution in [1.29, 1.82) is 0 Å². The third-order valence-corrected chi connectivity index (χ3v) is 9.95. The molecule has 0 aliphatic heterocycles. The summed E-state index contributed by atoms with van der Waals surface area (Å²) in [4.78, 5) is 2.23. The number of anilines is 3. The number of hydrogen-bond donors (Lipinski definition) is 2. The molecule has 0 saturated carbocycles. The standard InChI is InChI=1S/C51H45NO5/c1-55-47-26-16-42(17-27-47)51(43-18-28-48(56-2)29-19-43)33-37-10-22-45(23-11-37)52(46-24-30-49(57-3)31-25-46)44-20-8-36(9-21-44)32-50(40-12-4-38(34-53)5-13-40)41-14-6-39(35-54)7-15-41/h4-33,53-54H,34-35H2,1-3H3. The van der Waals surface area contributed by atoms with Gasteiger partial charge in [-0.05, 0) is 141 Å². The van der Waals surface area contributed by atoms with E-state index in [1.807, 2.05) is 84.9 Å². The second kappa shape index (κ2) is 18.2. The molecule has 6 nitrogen and oxygen atoms in total. The lowest BCUT2D eigenvalue weighted by Crippen LogP contribution is -2.09. The predicted octanol–water partition coefficient (Wildman–Crippen LogP) is 11.3. The molecule has 57 heavy (non-hydrogen) atoms. The molecule has 0 atom stereocenters. The molecular formula is C51H45NO5. The number of nitrogens with zero attached hydrogens (tertiary/aromatic N) is 1. The Balaban J connectivity index is 1.25. The molecule has 2 N–H and O–H groups in total. The Morgan fingerprint density at radius 2 is 0.649 bits per heavy atom. The first kappa shape index (κ1) is 38.4. The van der Waals surface area contributed by atoms with E-state index in [4.69, 9.17) is 14.2 Å². The van der Waals surface area contributed by atoms with Crippen LogP contribution in [0.5, 0.6) is 17.2 Å². The molecule has 0 saturated heterocycles. The van der Waals surface area contributed by atoms with Crippen molar-refractivity contribution in [3.63, 3.8) is 0 Å². The minimum atomic E-state index is -0.00939. The van der Waals surface area contributed by atoms with Gasteiger partial charge in [-0.1, -0.05) is 97.1 Å². The van der Waals surface area contributed by atoms with Crippen LogP contribution in [-0.2, 0) is 13.2 Å². The van der Waals surface area contributed by atoms with Crippen molar-refractivity contribution in [2.24, 2.45) is 0 Å². The van der Waals surface area contributed by atoms with Gasteiger partial charge in [0.25, 0.3) is 0 Å². The molecule has 0 fully saturated rings. The Bertz CT molecular complexity index is 2160. The quantitative estimate of drug-likeness (QED) is 0.108. The van der Waals surface area contributed by atoms with Gasteiger partial charge in [-0.2, -0.15) is 0 Å². The second-order valence-corrected chi connectivity index (χ2v) is 13.5. The Kier molecular flexibility index (Phi) is 12.3. The molecule has 0 aliphatic carbocycles.